The molecule has 2 heterocycles. The van der Waals surface area contributed by atoms with E-state index in [1.165, 1.54) is 0 Å². The molecule has 18 heavy (non-hydrogen) atoms. The highest BCUT2D eigenvalue weighted by Gasteiger charge is 2.31. The van der Waals surface area contributed by atoms with Crippen molar-refractivity contribution in [3.8, 4) is 0 Å². The molecule has 7 nitrogen and oxygen atoms in total. The second kappa shape index (κ2) is 4.99. The van der Waals surface area contributed by atoms with Gasteiger partial charge in [0.2, 0.25) is 17.8 Å². The summed E-state index contributed by atoms with van der Waals surface area (Å²) in [7, 11) is 0. The molecule has 0 aliphatic carbocycles. The van der Waals surface area contributed by atoms with E-state index in [0.717, 1.165) is 0 Å². The third-order valence-corrected chi connectivity index (χ3v) is 2.69. The van der Waals surface area contributed by atoms with Crippen LogP contribution >= 0.6 is 0 Å². The van der Waals surface area contributed by atoms with Crippen LogP contribution in [0.5, 0.6) is 0 Å². The van der Waals surface area contributed by atoms with Gasteiger partial charge in [0.1, 0.15) is 11.9 Å². The molecule has 1 aliphatic heterocycles. The molecule has 2 N–H and O–H groups in total. The number of nitrogens with zero attached hydrogens (tertiary/aromatic N) is 3. The maximum atomic E-state index is 11.6. The van der Waals surface area contributed by atoms with Crippen molar-refractivity contribution in [3.05, 3.63) is 12.3 Å². The topological polar surface area (TPSA) is 87.2 Å². The maximum absolute atomic E-state index is 11.6. The zero-order valence-corrected chi connectivity index (χ0v) is 10.3. The van der Waals surface area contributed by atoms with Gasteiger partial charge < -0.3 is 10.2 Å². The number of nitrogens with one attached hydrogen (secondary N) is 2. The first-order valence-electron chi connectivity index (χ1n) is 5.79. The van der Waals surface area contributed by atoms with E-state index in [9.17, 15) is 9.59 Å². The van der Waals surface area contributed by atoms with Crippen molar-refractivity contribution >= 4 is 23.6 Å². The van der Waals surface area contributed by atoms with Crippen LogP contribution in [0.2, 0.25) is 0 Å². The predicted molar refractivity (Wildman–Crippen MR) is 66.2 cm³/mol. The van der Waals surface area contributed by atoms with Gasteiger partial charge in [-0.15, -0.1) is 0 Å². The molecule has 1 unspecified atom stereocenters. The van der Waals surface area contributed by atoms with Gasteiger partial charge in [-0.25, -0.2) is 4.98 Å². The van der Waals surface area contributed by atoms with Crippen LogP contribution in [-0.4, -0.2) is 40.9 Å². The SMILES string of the molecule is CCNc1nccc(N2CC(=O)NC(=O)C2C)n1. The van der Waals surface area contributed by atoms with E-state index in [-0.39, 0.29) is 18.4 Å². The molecular weight excluding hydrogens is 234 g/mol. The largest absolute Gasteiger partial charge is 0.354 e. The lowest BCUT2D eigenvalue weighted by atomic mass is 10.2. The molecule has 0 bridgehead atoms. The van der Waals surface area contributed by atoms with E-state index in [1.54, 1.807) is 24.1 Å². The predicted octanol–water partition coefficient (Wildman–Crippen LogP) is -0.240. The fraction of sp³-hybridized carbons (Fsp3) is 0.455. The highest BCUT2D eigenvalue weighted by molar-refractivity contribution is 6.04. The molecule has 0 aromatic carbocycles. The molecule has 96 valence electrons. The summed E-state index contributed by atoms with van der Waals surface area (Å²) in [5, 5.41) is 5.28. The molecule has 1 fully saturated rings. The quantitative estimate of drug-likeness (QED) is 0.719. The van der Waals surface area contributed by atoms with Gasteiger partial charge in [0.05, 0.1) is 6.54 Å². The Hall–Kier alpha value is -2.18. The number of hydrogen-bond donors (Lipinski definition) is 2. The molecule has 7 heteroatoms. The lowest BCUT2D eigenvalue weighted by Crippen LogP contribution is -2.57. The van der Waals surface area contributed by atoms with Crippen molar-refractivity contribution in [1.82, 2.24) is 15.3 Å². The van der Waals surface area contributed by atoms with Gasteiger partial charge in [-0.2, -0.15) is 4.98 Å². The molecule has 0 radical (unpaired) electrons. The Labute approximate surface area is 105 Å². The highest BCUT2D eigenvalue weighted by atomic mass is 16.2. The molecule has 1 aliphatic rings. The smallest absolute Gasteiger partial charge is 0.249 e. The molecule has 1 aromatic heterocycles. The first-order valence-corrected chi connectivity index (χ1v) is 5.79. The van der Waals surface area contributed by atoms with Crippen LogP contribution in [0.25, 0.3) is 0 Å². The minimum atomic E-state index is -0.424. The Balaban J connectivity index is 2.26. The fourth-order valence-electron chi connectivity index (χ4n) is 1.75. The van der Waals surface area contributed by atoms with Crippen molar-refractivity contribution in [2.24, 2.45) is 0 Å². The number of aromatic nitrogens is 2. The van der Waals surface area contributed by atoms with Crippen LogP contribution in [-0.2, 0) is 9.59 Å². The Bertz CT molecular complexity index is 476. The summed E-state index contributed by atoms with van der Waals surface area (Å²) < 4.78 is 0. The van der Waals surface area contributed by atoms with Gasteiger partial charge in [0, 0.05) is 12.7 Å². The summed E-state index contributed by atoms with van der Waals surface area (Å²) in [6.07, 6.45) is 1.60. The van der Waals surface area contributed by atoms with Crippen molar-refractivity contribution in [2.45, 2.75) is 19.9 Å². The molecular formula is C11H15N5O2. The third-order valence-electron chi connectivity index (χ3n) is 2.69. The van der Waals surface area contributed by atoms with Crippen molar-refractivity contribution in [1.29, 1.82) is 0 Å². The number of carbonyl (C=O) groups excluding carboxylic acids is 2. The Morgan fingerprint density at radius 3 is 3.06 bits per heavy atom. The van der Waals surface area contributed by atoms with Crippen molar-refractivity contribution in [2.75, 3.05) is 23.3 Å². The summed E-state index contributed by atoms with van der Waals surface area (Å²) in [5.41, 5.74) is 0. The lowest BCUT2D eigenvalue weighted by molar-refractivity contribution is -0.132. The van der Waals surface area contributed by atoms with Crippen molar-refractivity contribution in [3.63, 3.8) is 0 Å². The molecule has 1 atom stereocenters. The van der Waals surface area contributed by atoms with Gasteiger partial charge >= 0.3 is 0 Å². The van der Waals surface area contributed by atoms with Crippen LogP contribution in [0, 0.1) is 0 Å². The number of rotatable bonds is 3. The van der Waals surface area contributed by atoms with Gasteiger partial charge in [0.25, 0.3) is 0 Å². The number of anilines is 2. The molecule has 1 aromatic rings. The van der Waals surface area contributed by atoms with Crippen LogP contribution in [0.4, 0.5) is 11.8 Å². The maximum Gasteiger partial charge on any atom is 0.249 e. The number of carbonyl (C=O) groups is 2. The van der Waals surface area contributed by atoms with Crippen molar-refractivity contribution < 1.29 is 9.59 Å². The molecule has 0 saturated carbocycles. The third kappa shape index (κ3) is 2.39. The normalized spacial score (nSPS) is 19.7. The average molecular weight is 249 g/mol. The molecule has 2 amide bonds. The summed E-state index contributed by atoms with van der Waals surface area (Å²) >= 11 is 0. The van der Waals surface area contributed by atoms with Crippen LogP contribution in [0.15, 0.2) is 12.3 Å². The minimum absolute atomic E-state index is 0.121. The number of piperazine rings is 1. The highest BCUT2D eigenvalue weighted by Crippen LogP contribution is 2.17. The summed E-state index contributed by atoms with van der Waals surface area (Å²) in [6.45, 7) is 4.50. The van der Waals surface area contributed by atoms with Crippen LogP contribution in [0.3, 0.4) is 0 Å². The first kappa shape index (κ1) is 12.3. The molecule has 0 spiro atoms. The summed E-state index contributed by atoms with van der Waals surface area (Å²) in [5.74, 6) is 0.425. The van der Waals surface area contributed by atoms with Gasteiger partial charge in [0.15, 0.2) is 0 Å². The van der Waals surface area contributed by atoms with E-state index in [2.05, 4.69) is 20.6 Å². The summed E-state index contributed by atoms with van der Waals surface area (Å²) in [4.78, 5) is 32.9. The molecule has 2 rings (SSSR count). The number of hydrogen-bond acceptors (Lipinski definition) is 6. The standard InChI is InChI=1S/C11H15N5O2/c1-3-12-11-13-5-4-8(14-11)16-6-9(17)15-10(18)7(16)2/h4-5,7H,3,6H2,1-2H3,(H,12,13,14)(H,15,17,18). The van der Waals surface area contributed by atoms with Gasteiger partial charge in [-0.3, -0.25) is 14.9 Å². The van der Waals surface area contributed by atoms with Gasteiger partial charge in [-0.1, -0.05) is 0 Å². The Morgan fingerprint density at radius 2 is 2.33 bits per heavy atom. The number of amides is 2. The second-order valence-corrected chi connectivity index (χ2v) is 3.99. The Morgan fingerprint density at radius 1 is 1.56 bits per heavy atom. The van der Waals surface area contributed by atoms with E-state index in [4.69, 9.17) is 0 Å². The monoisotopic (exact) mass is 249 g/mol. The number of imide groups is 1. The fourth-order valence-corrected chi connectivity index (χ4v) is 1.75. The van der Waals surface area contributed by atoms with Gasteiger partial charge in [-0.05, 0) is 19.9 Å². The lowest BCUT2D eigenvalue weighted by Gasteiger charge is -2.32. The Kier molecular flexibility index (Phi) is 3.40. The van der Waals surface area contributed by atoms with E-state index in [1.807, 2.05) is 6.92 Å². The van der Waals surface area contributed by atoms with Crippen LogP contribution < -0.4 is 15.5 Å². The minimum Gasteiger partial charge on any atom is -0.354 e. The zero-order valence-electron chi connectivity index (χ0n) is 10.3. The summed E-state index contributed by atoms with van der Waals surface area (Å²) in [6, 6.07) is 1.26. The van der Waals surface area contributed by atoms with E-state index in [0.29, 0.717) is 18.3 Å². The van der Waals surface area contributed by atoms with Crippen LogP contribution in [0.1, 0.15) is 13.8 Å². The zero-order chi connectivity index (χ0) is 13.1. The average Bonchev–Trinajstić information content (AvgIpc) is 2.34. The first-order chi connectivity index (χ1) is 8.61. The second-order valence-electron chi connectivity index (χ2n) is 3.99. The van der Waals surface area contributed by atoms with E-state index >= 15 is 0 Å². The van der Waals surface area contributed by atoms with E-state index < -0.39 is 6.04 Å². The molecule has 1 saturated heterocycles.